The normalized spacial score (nSPS) is 20.5. The minimum absolute atomic E-state index is 0.0621. The van der Waals surface area contributed by atoms with Crippen molar-refractivity contribution in [3.05, 3.63) is 59.7 Å². The molecule has 2 aromatic heterocycles. The molecule has 4 rings (SSSR count). The molecule has 0 aliphatic heterocycles. The minimum atomic E-state index is -0.267. The first-order chi connectivity index (χ1) is 12.6. The van der Waals surface area contributed by atoms with E-state index in [1.807, 2.05) is 18.2 Å². The van der Waals surface area contributed by atoms with Gasteiger partial charge in [-0.1, -0.05) is 6.07 Å². The molecule has 0 radical (unpaired) electrons. The van der Waals surface area contributed by atoms with Gasteiger partial charge in [0, 0.05) is 36.8 Å². The number of rotatable bonds is 5. The lowest BCUT2D eigenvalue weighted by molar-refractivity contribution is 0.0238. The molecule has 1 saturated carbocycles. The molecule has 1 aliphatic rings. The first kappa shape index (κ1) is 16.7. The molecule has 0 unspecified atom stereocenters. The number of aryl methyl sites for hydroxylation is 1. The van der Waals surface area contributed by atoms with Crippen LogP contribution in [0.2, 0.25) is 0 Å². The van der Waals surface area contributed by atoms with Gasteiger partial charge in [0.2, 0.25) is 0 Å². The van der Waals surface area contributed by atoms with Gasteiger partial charge in [-0.2, -0.15) is 0 Å². The fourth-order valence-electron chi connectivity index (χ4n) is 3.47. The van der Waals surface area contributed by atoms with Gasteiger partial charge in [0.25, 0.3) is 5.91 Å². The molecular formula is C20H21N3O3. The van der Waals surface area contributed by atoms with E-state index in [9.17, 15) is 9.90 Å². The molecular weight excluding hydrogens is 330 g/mol. The number of hydrogen-bond acceptors (Lipinski definition) is 5. The highest BCUT2D eigenvalue weighted by molar-refractivity contribution is 5.97. The fraction of sp³-hybridized carbons (Fsp3) is 0.350. The van der Waals surface area contributed by atoms with Crippen LogP contribution in [-0.2, 0) is 6.42 Å². The zero-order valence-corrected chi connectivity index (χ0v) is 14.6. The molecule has 1 aromatic carbocycles. The number of carbonyl (C=O) groups is 1. The molecule has 6 nitrogen and oxygen atoms in total. The largest absolute Gasteiger partial charge is 0.441 e. The highest BCUT2D eigenvalue weighted by atomic mass is 16.3. The van der Waals surface area contributed by atoms with E-state index in [0.717, 1.165) is 11.2 Å². The van der Waals surface area contributed by atoms with Crippen LogP contribution in [0.4, 0.5) is 0 Å². The number of nitrogens with one attached hydrogen (secondary N) is 1. The third-order valence-corrected chi connectivity index (χ3v) is 4.95. The zero-order chi connectivity index (χ0) is 18.1. The van der Waals surface area contributed by atoms with E-state index in [0.29, 0.717) is 36.3 Å². The Morgan fingerprint density at radius 3 is 2.92 bits per heavy atom. The average Bonchev–Trinajstić information content (AvgIpc) is 2.98. The molecule has 2 N–H and O–H groups in total. The number of aromatic nitrogens is 2. The first-order valence-corrected chi connectivity index (χ1v) is 8.84. The maximum atomic E-state index is 12.8. The van der Waals surface area contributed by atoms with E-state index in [4.69, 9.17) is 4.42 Å². The molecule has 134 valence electrons. The predicted molar refractivity (Wildman–Crippen MR) is 96.7 cm³/mol. The Labute approximate surface area is 151 Å². The average molecular weight is 351 g/mol. The topological polar surface area (TPSA) is 88.2 Å². The summed E-state index contributed by atoms with van der Waals surface area (Å²) in [5, 5.41) is 12.8. The summed E-state index contributed by atoms with van der Waals surface area (Å²) >= 11 is 0. The number of amides is 1. The van der Waals surface area contributed by atoms with Gasteiger partial charge < -0.3 is 14.8 Å². The van der Waals surface area contributed by atoms with Crippen molar-refractivity contribution in [1.82, 2.24) is 15.3 Å². The number of aliphatic hydroxyl groups excluding tert-OH is 1. The van der Waals surface area contributed by atoms with Crippen LogP contribution in [0.25, 0.3) is 11.1 Å². The van der Waals surface area contributed by atoms with Crippen molar-refractivity contribution in [2.45, 2.75) is 38.3 Å². The molecule has 1 fully saturated rings. The number of benzene rings is 1. The molecule has 0 spiro atoms. The highest BCUT2D eigenvalue weighted by Crippen LogP contribution is 2.31. The molecule has 0 bridgehead atoms. The molecule has 1 amide bonds. The minimum Gasteiger partial charge on any atom is -0.441 e. The predicted octanol–water partition coefficient (Wildman–Crippen LogP) is 2.64. The van der Waals surface area contributed by atoms with Crippen molar-refractivity contribution >= 4 is 17.0 Å². The highest BCUT2D eigenvalue weighted by Gasteiger charge is 2.35. The van der Waals surface area contributed by atoms with Crippen LogP contribution in [-0.4, -0.2) is 33.1 Å². The maximum absolute atomic E-state index is 12.8. The SMILES string of the molecule is Cc1nc2ccc(C(=O)N[C@H](Cc3ccccn3)C3CC(O)C3)cc2o1. The number of aliphatic hydroxyl groups is 1. The fourth-order valence-corrected chi connectivity index (χ4v) is 3.47. The maximum Gasteiger partial charge on any atom is 0.251 e. The van der Waals surface area contributed by atoms with Crippen LogP contribution in [0.5, 0.6) is 0 Å². The van der Waals surface area contributed by atoms with Gasteiger partial charge in [0.1, 0.15) is 5.52 Å². The van der Waals surface area contributed by atoms with E-state index in [1.54, 1.807) is 31.3 Å². The van der Waals surface area contributed by atoms with Crippen LogP contribution in [0.15, 0.2) is 47.0 Å². The smallest absolute Gasteiger partial charge is 0.251 e. The number of nitrogens with zero attached hydrogens (tertiary/aromatic N) is 2. The van der Waals surface area contributed by atoms with Gasteiger partial charge in [0.15, 0.2) is 11.5 Å². The third kappa shape index (κ3) is 3.46. The van der Waals surface area contributed by atoms with Gasteiger partial charge in [-0.05, 0) is 49.1 Å². The van der Waals surface area contributed by atoms with Crippen LogP contribution in [0.1, 0.15) is 34.8 Å². The lowest BCUT2D eigenvalue weighted by atomic mass is 9.76. The number of oxazole rings is 1. The molecule has 3 aromatic rings. The van der Waals surface area contributed by atoms with Gasteiger partial charge in [-0.25, -0.2) is 4.98 Å². The molecule has 6 heteroatoms. The summed E-state index contributed by atoms with van der Waals surface area (Å²) in [6.45, 7) is 1.78. The monoisotopic (exact) mass is 351 g/mol. The second-order valence-corrected chi connectivity index (χ2v) is 6.91. The number of fused-ring (bicyclic) bond motifs is 1. The van der Waals surface area contributed by atoms with Gasteiger partial charge in [-0.3, -0.25) is 9.78 Å². The Bertz CT molecular complexity index is 916. The summed E-state index contributed by atoms with van der Waals surface area (Å²) in [7, 11) is 0. The van der Waals surface area contributed by atoms with Crippen LogP contribution in [0, 0.1) is 12.8 Å². The first-order valence-electron chi connectivity index (χ1n) is 8.84. The second kappa shape index (κ2) is 6.88. The Morgan fingerprint density at radius 2 is 2.19 bits per heavy atom. The standard InChI is InChI=1S/C20H21N3O3/c1-12-22-17-6-5-13(10-19(17)26-12)20(25)23-18(14-8-16(24)9-14)11-15-4-2-3-7-21-15/h2-7,10,14,16,18,24H,8-9,11H2,1H3,(H,23,25)/t14?,16?,18-/m1/s1. The van der Waals surface area contributed by atoms with Gasteiger partial charge >= 0.3 is 0 Å². The quantitative estimate of drug-likeness (QED) is 0.738. The summed E-state index contributed by atoms with van der Waals surface area (Å²) in [6.07, 6.45) is 3.55. The number of pyridine rings is 1. The Balaban J connectivity index is 1.52. The Hall–Kier alpha value is -2.73. The molecule has 26 heavy (non-hydrogen) atoms. The third-order valence-electron chi connectivity index (χ3n) is 4.95. The van der Waals surface area contributed by atoms with Crippen molar-refractivity contribution in [2.75, 3.05) is 0 Å². The second-order valence-electron chi connectivity index (χ2n) is 6.91. The number of hydrogen-bond donors (Lipinski definition) is 2. The summed E-state index contributed by atoms with van der Waals surface area (Å²) in [5.41, 5.74) is 2.82. The van der Waals surface area contributed by atoms with Crippen LogP contribution in [0.3, 0.4) is 0 Å². The lowest BCUT2D eigenvalue weighted by Crippen LogP contribution is -2.48. The van der Waals surface area contributed by atoms with Crippen molar-refractivity contribution in [1.29, 1.82) is 0 Å². The van der Waals surface area contributed by atoms with Crippen molar-refractivity contribution in [3.63, 3.8) is 0 Å². The van der Waals surface area contributed by atoms with Crippen molar-refractivity contribution < 1.29 is 14.3 Å². The van der Waals surface area contributed by atoms with Crippen molar-refractivity contribution in [3.8, 4) is 0 Å². The van der Waals surface area contributed by atoms with E-state index >= 15 is 0 Å². The van der Waals surface area contributed by atoms with E-state index in [-0.39, 0.29) is 24.0 Å². The summed E-state index contributed by atoms with van der Waals surface area (Å²) < 4.78 is 5.52. The molecule has 1 atom stereocenters. The Kier molecular flexibility index (Phi) is 4.42. The zero-order valence-electron chi connectivity index (χ0n) is 14.6. The number of carbonyl (C=O) groups excluding carboxylic acids is 1. The molecule has 0 saturated heterocycles. The van der Waals surface area contributed by atoms with Crippen molar-refractivity contribution in [2.24, 2.45) is 5.92 Å². The Morgan fingerprint density at radius 1 is 1.35 bits per heavy atom. The summed E-state index contributed by atoms with van der Waals surface area (Å²) in [4.78, 5) is 21.4. The van der Waals surface area contributed by atoms with E-state index in [1.165, 1.54) is 0 Å². The molecule has 1 aliphatic carbocycles. The van der Waals surface area contributed by atoms with Crippen LogP contribution < -0.4 is 5.32 Å². The van der Waals surface area contributed by atoms with E-state index in [2.05, 4.69) is 15.3 Å². The van der Waals surface area contributed by atoms with E-state index < -0.39 is 0 Å². The van der Waals surface area contributed by atoms with Gasteiger partial charge in [0.05, 0.1) is 6.10 Å². The van der Waals surface area contributed by atoms with Crippen LogP contribution >= 0.6 is 0 Å². The lowest BCUT2D eigenvalue weighted by Gasteiger charge is -2.38. The summed E-state index contributed by atoms with van der Waals surface area (Å²) in [5.74, 6) is 0.685. The van der Waals surface area contributed by atoms with Gasteiger partial charge in [-0.15, -0.1) is 0 Å². The molecule has 2 heterocycles. The summed E-state index contributed by atoms with van der Waals surface area (Å²) in [6, 6.07) is 11.0.